The first kappa shape index (κ1) is 13.7. The second-order valence-electron chi connectivity index (χ2n) is 5.72. The van der Waals surface area contributed by atoms with Crippen molar-refractivity contribution in [2.45, 2.75) is 38.6 Å². The molecule has 0 radical (unpaired) electrons. The van der Waals surface area contributed by atoms with Gasteiger partial charge in [0, 0.05) is 5.02 Å². The minimum absolute atomic E-state index is 0.0711. The maximum atomic E-state index is 6.43. The average Bonchev–Trinajstić information content (AvgIpc) is 2.49. The molecule has 0 amide bonds. The molecule has 0 aliphatic heterocycles. The maximum absolute atomic E-state index is 6.43. The molecule has 0 spiro atoms. The van der Waals surface area contributed by atoms with E-state index in [0.717, 1.165) is 16.1 Å². The molecule has 1 atom stereocenters. The Morgan fingerprint density at radius 2 is 1.60 bits per heavy atom. The molecule has 0 saturated heterocycles. The fourth-order valence-corrected chi connectivity index (χ4v) is 3.12. The summed E-state index contributed by atoms with van der Waals surface area (Å²) in [5.41, 5.74) is 12.8. The molecule has 2 aromatic carbocycles. The number of benzene rings is 2. The Hall–Kier alpha value is -1.31. The van der Waals surface area contributed by atoms with Gasteiger partial charge in [-0.05, 0) is 66.5 Å². The van der Waals surface area contributed by atoms with Gasteiger partial charge in [0.05, 0.1) is 6.04 Å². The minimum atomic E-state index is -0.0711. The van der Waals surface area contributed by atoms with E-state index in [0.29, 0.717) is 0 Å². The second-order valence-corrected chi connectivity index (χ2v) is 6.13. The van der Waals surface area contributed by atoms with Crippen LogP contribution in [0.15, 0.2) is 36.4 Å². The largest absolute Gasteiger partial charge is 0.320 e. The number of hydrogen-bond donors (Lipinski definition) is 1. The fourth-order valence-electron chi connectivity index (χ4n) is 3.00. The lowest BCUT2D eigenvalue weighted by Gasteiger charge is -2.20. The summed E-state index contributed by atoms with van der Waals surface area (Å²) < 4.78 is 0. The molecular weight excluding hydrogens is 266 g/mol. The van der Waals surface area contributed by atoms with E-state index < -0.39 is 0 Å². The predicted octanol–water partition coefficient (Wildman–Crippen LogP) is 4.58. The van der Waals surface area contributed by atoms with Crippen molar-refractivity contribution in [3.05, 3.63) is 69.2 Å². The molecule has 2 N–H and O–H groups in total. The third kappa shape index (κ3) is 2.61. The summed E-state index contributed by atoms with van der Waals surface area (Å²) in [6, 6.07) is 12.7. The van der Waals surface area contributed by atoms with Gasteiger partial charge in [-0.25, -0.2) is 0 Å². The Morgan fingerprint density at radius 1 is 0.950 bits per heavy atom. The molecule has 104 valence electrons. The van der Waals surface area contributed by atoms with Gasteiger partial charge in [-0.15, -0.1) is 0 Å². The molecule has 1 aliphatic rings. The van der Waals surface area contributed by atoms with E-state index in [2.05, 4.69) is 24.3 Å². The highest BCUT2D eigenvalue weighted by Crippen LogP contribution is 2.28. The first-order chi connectivity index (χ1) is 9.65. The van der Waals surface area contributed by atoms with Gasteiger partial charge in [-0.2, -0.15) is 0 Å². The lowest BCUT2D eigenvalue weighted by atomic mass is 9.88. The molecule has 1 aliphatic carbocycles. The van der Waals surface area contributed by atoms with Gasteiger partial charge in [0.15, 0.2) is 0 Å². The van der Waals surface area contributed by atoms with Crippen LogP contribution in [0.4, 0.5) is 0 Å². The van der Waals surface area contributed by atoms with E-state index in [-0.39, 0.29) is 6.04 Å². The molecule has 1 nitrogen and oxygen atoms in total. The molecule has 0 saturated carbocycles. The number of nitrogens with two attached hydrogens (primary N) is 1. The molecule has 3 rings (SSSR count). The third-order valence-corrected chi connectivity index (χ3v) is 4.70. The number of hydrogen-bond acceptors (Lipinski definition) is 1. The Labute approximate surface area is 125 Å². The molecule has 2 aromatic rings. The van der Waals surface area contributed by atoms with Crippen LogP contribution < -0.4 is 5.73 Å². The zero-order valence-corrected chi connectivity index (χ0v) is 12.6. The van der Waals surface area contributed by atoms with Gasteiger partial charge in [0.2, 0.25) is 0 Å². The summed E-state index contributed by atoms with van der Waals surface area (Å²) in [5, 5.41) is 0.798. The predicted molar refractivity (Wildman–Crippen MR) is 85.3 cm³/mol. The lowest BCUT2D eigenvalue weighted by Crippen LogP contribution is -2.13. The van der Waals surface area contributed by atoms with Gasteiger partial charge < -0.3 is 5.73 Å². The van der Waals surface area contributed by atoms with Crippen molar-refractivity contribution in [2.24, 2.45) is 5.73 Å². The SMILES string of the molecule is Cc1cc(C(N)c2ccc3c(c2)CCCC3)ccc1Cl. The van der Waals surface area contributed by atoms with Crippen LogP contribution in [0.25, 0.3) is 0 Å². The summed E-state index contributed by atoms with van der Waals surface area (Å²) >= 11 is 6.09. The summed E-state index contributed by atoms with van der Waals surface area (Å²) in [6.45, 7) is 2.02. The summed E-state index contributed by atoms with van der Waals surface area (Å²) in [7, 11) is 0. The second kappa shape index (κ2) is 5.59. The molecule has 0 aromatic heterocycles. The van der Waals surface area contributed by atoms with Crippen molar-refractivity contribution in [1.82, 2.24) is 0 Å². The fraction of sp³-hybridized carbons (Fsp3) is 0.333. The van der Waals surface area contributed by atoms with Crippen molar-refractivity contribution in [1.29, 1.82) is 0 Å². The van der Waals surface area contributed by atoms with Crippen LogP contribution in [0.3, 0.4) is 0 Å². The Bertz CT molecular complexity index is 633. The zero-order chi connectivity index (χ0) is 14.1. The number of halogens is 1. The van der Waals surface area contributed by atoms with Crippen LogP contribution in [-0.4, -0.2) is 0 Å². The molecule has 20 heavy (non-hydrogen) atoms. The van der Waals surface area contributed by atoms with Crippen molar-refractivity contribution in [2.75, 3.05) is 0 Å². The van der Waals surface area contributed by atoms with E-state index in [1.807, 2.05) is 19.1 Å². The highest BCUT2D eigenvalue weighted by Gasteiger charge is 2.14. The smallest absolute Gasteiger partial charge is 0.0551 e. The molecule has 0 bridgehead atoms. The van der Waals surface area contributed by atoms with Crippen molar-refractivity contribution in [3.8, 4) is 0 Å². The van der Waals surface area contributed by atoms with Crippen LogP contribution in [0.1, 0.15) is 46.7 Å². The Balaban J connectivity index is 1.93. The van der Waals surface area contributed by atoms with Gasteiger partial charge in [-0.1, -0.05) is 41.9 Å². The quantitative estimate of drug-likeness (QED) is 0.859. The molecule has 1 unspecified atom stereocenters. The molecule has 0 heterocycles. The molecular formula is C18H20ClN. The monoisotopic (exact) mass is 285 g/mol. The number of rotatable bonds is 2. The summed E-state index contributed by atoms with van der Waals surface area (Å²) in [6.07, 6.45) is 5.01. The Morgan fingerprint density at radius 3 is 2.35 bits per heavy atom. The van der Waals surface area contributed by atoms with Crippen LogP contribution in [0, 0.1) is 6.92 Å². The van der Waals surface area contributed by atoms with Crippen LogP contribution >= 0.6 is 11.6 Å². The van der Waals surface area contributed by atoms with Crippen molar-refractivity contribution >= 4 is 11.6 Å². The lowest BCUT2D eigenvalue weighted by molar-refractivity contribution is 0.682. The van der Waals surface area contributed by atoms with E-state index >= 15 is 0 Å². The van der Waals surface area contributed by atoms with E-state index in [4.69, 9.17) is 17.3 Å². The maximum Gasteiger partial charge on any atom is 0.0551 e. The van der Waals surface area contributed by atoms with Crippen molar-refractivity contribution < 1.29 is 0 Å². The minimum Gasteiger partial charge on any atom is -0.320 e. The van der Waals surface area contributed by atoms with Crippen molar-refractivity contribution in [3.63, 3.8) is 0 Å². The van der Waals surface area contributed by atoms with E-state index in [1.54, 1.807) is 0 Å². The normalized spacial score (nSPS) is 15.8. The van der Waals surface area contributed by atoms with Gasteiger partial charge >= 0.3 is 0 Å². The molecule has 0 fully saturated rings. The topological polar surface area (TPSA) is 26.0 Å². The summed E-state index contributed by atoms with van der Waals surface area (Å²) in [5.74, 6) is 0. The average molecular weight is 286 g/mol. The van der Waals surface area contributed by atoms with E-state index in [9.17, 15) is 0 Å². The number of aryl methyl sites for hydroxylation is 3. The van der Waals surface area contributed by atoms with Crippen LogP contribution in [0.5, 0.6) is 0 Å². The van der Waals surface area contributed by atoms with Crippen LogP contribution in [0.2, 0.25) is 5.02 Å². The highest BCUT2D eigenvalue weighted by atomic mass is 35.5. The first-order valence-electron chi connectivity index (χ1n) is 7.28. The summed E-state index contributed by atoms with van der Waals surface area (Å²) in [4.78, 5) is 0. The standard InChI is InChI=1S/C18H20ClN/c1-12-10-15(8-9-17(12)19)18(20)16-7-6-13-4-2-3-5-14(13)11-16/h6-11,18H,2-5,20H2,1H3. The van der Waals surface area contributed by atoms with Gasteiger partial charge in [0.25, 0.3) is 0 Å². The Kier molecular flexibility index (Phi) is 3.82. The van der Waals surface area contributed by atoms with E-state index in [1.165, 1.54) is 42.4 Å². The first-order valence-corrected chi connectivity index (χ1v) is 7.66. The third-order valence-electron chi connectivity index (χ3n) is 4.27. The zero-order valence-electron chi connectivity index (χ0n) is 11.8. The highest BCUT2D eigenvalue weighted by molar-refractivity contribution is 6.31. The van der Waals surface area contributed by atoms with Gasteiger partial charge in [0.1, 0.15) is 0 Å². The number of fused-ring (bicyclic) bond motifs is 1. The van der Waals surface area contributed by atoms with Gasteiger partial charge in [-0.3, -0.25) is 0 Å². The molecule has 2 heteroatoms. The van der Waals surface area contributed by atoms with Crippen LogP contribution in [-0.2, 0) is 12.8 Å².